The van der Waals surface area contributed by atoms with Gasteiger partial charge in [-0.1, -0.05) is 36.4 Å². The topological polar surface area (TPSA) is 67.6 Å². The SMILES string of the molecule is Cc1cc(C)cc(OCC(O)Cn2c(C3CC(=O)N(c4ccccc4)C3)nc3ccccc32)c1. The van der Waals surface area contributed by atoms with Crippen molar-refractivity contribution in [3.8, 4) is 5.75 Å². The van der Waals surface area contributed by atoms with Crippen molar-refractivity contribution < 1.29 is 14.6 Å². The van der Waals surface area contributed by atoms with Gasteiger partial charge >= 0.3 is 0 Å². The van der Waals surface area contributed by atoms with Crippen LogP contribution in [0.25, 0.3) is 11.0 Å². The summed E-state index contributed by atoms with van der Waals surface area (Å²) in [6.45, 7) is 5.15. The molecule has 0 bridgehead atoms. The van der Waals surface area contributed by atoms with E-state index in [-0.39, 0.29) is 18.4 Å². The molecule has 1 aromatic heterocycles. The molecule has 34 heavy (non-hydrogen) atoms. The number of anilines is 1. The molecule has 1 fully saturated rings. The fraction of sp³-hybridized carbons (Fsp3) is 0.286. The monoisotopic (exact) mass is 455 g/mol. The molecule has 0 radical (unpaired) electrons. The Kier molecular flexibility index (Phi) is 6.07. The quantitative estimate of drug-likeness (QED) is 0.442. The molecular formula is C28H29N3O3. The number of rotatable bonds is 7. The summed E-state index contributed by atoms with van der Waals surface area (Å²) in [4.78, 5) is 19.6. The van der Waals surface area contributed by atoms with Gasteiger partial charge in [0.05, 0.1) is 17.6 Å². The zero-order chi connectivity index (χ0) is 23.7. The van der Waals surface area contributed by atoms with Crippen LogP contribution in [0.15, 0.2) is 72.8 Å². The summed E-state index contributed by atoms with van der Waals surface area (Å²) in [6.07, 6.45) is -0.326. The van der Waals surface area contributed by atoms with Crippen LogP contribution in [0.2, 0.25) is 0 Å². The van der Waals surface area contributed by atoms with Crippen molar-refractivity contribution in [2.24, 2.45) is 0 Å². The number of aliphatic hydroxyl groups is 1. The van der Waals surface area contributed by atoms with Gasteiger partial charge in [0.1, 0.15) is 24.3 Å². The predicted octanol–water partition coefficient (Wildman–Crippen LogP) is 4.61. The molecule has 1 N–H and O–H groups in total. The highest BCUT2D eigenvalue weighted by Gasteiger charge is 2.35. The van der Waals surface area contributed by atoms with Crippen molar-refractivity contribution in [2.45, 2.75) is 38.8 Å². The summed E-state index contributed by atoms with van der Waals surface area (Å²) in [6, 6.07) is 23.7. The van der Waals surface area contributed by atoms with Crippen molar-refractivity contribution in [1.29, 1.82) is 0 Å². The molecule has 0 aliphatic carbocycles. The molecule has 6 nitrogen and oxygen atoms in total. The van der Waals surface area contributed by atoms with Crippen LogP contribution < -0.4 is 9.64 Å². The number of aliphatic hydroxyl groups excluding tert-OH is 1. The molecule has 0 spiro atoms. The lowest BCUT2D eigenvalue weighted by atomic mass is 10.1. The van der Waals surface area contributed by atoms with E-state index in [0.717, 1.165) is 39.4 Å². The lowest BCUT2D eigenvalue weighted by Crippen LogP contribution is -2.26. The van der Waals surface area contributed by atoms with Crippen molar-refractivity contribution in [3.63, 3.8) is 0 Å². The second-order valence-electron chi connectivity index (χ2n) is 9.10. The molecule has 1 aliphatic heterocycles. The largest absolute Gasteiger partial charge is 0.491 e. The van der Waals surface area contributed by atoms with Gasteiger partial charge < -0.3 is 19.3 Å². The van der Waals surface area contributed by atoms with Crippen molar-refractivity contribution in [2.75, 3.05) is 18.1 Å². The van der Waals surface area contributed by atoms with Gasteiger partial charge in [0.2, 0.25) is 5.91 Å². The Hall–Kier alpha value is -3.64. The molecule has 2 atom stereocenters. The Labute approximate surface area is 199 Å². The standard InChI is InChI=1S/C28H29N3O3/c1-19-12-20(2)14-24(13-19)34-18-23(32)17-31-26-11-7-6-10-25(26)29-28(31)21-15-27(33)30(16-21)22-8-4-3-5-9-22/h3-14,21,23,32H,15-18H2,1-2H3. The van der Waals surface area contributed by atoms with Crippen LogP contribution >= 0.6 is 0 Å². The van der Waals surface area contributed by atoms with Gasteiger partial charge in [-0.15, -0.1) is 0 Å². The number of carbonyl (C=O) groups is 1. The second-order valence-corrected chi connectivity index (χ2v) is 9.10. The van der Waals surface area contributed by atoms with Crippen LogP contribution in [0.3, 0.4) is 0 Å². The molecule has 5 rings (SSSR count). The zero-order valence-electron chi connectivity index (χ0n) is 19.5. The highest BCUT2D eigenvalue weighted by molar-refractivity contribution is 5.96. The molecule has 3 aromatic carbocycles. The lowest BCUT2D eigenvalue weighted by Gasteiger charge is -2.19. The van der Waals surface area contributed by atoms with E-state index >= 15 is 0 Å². The average Bonchev–Trinajstić information content (AvgIpc) is 3.38. The highest BCUT2D eigenvalue weighted by atomic mass is 16.5. The van der Waals surface area contributed by atoms with Gasteiger partial charge in [-0.05, 0) is 61.4 Å². The van der Waals surface area contributed by atoms with Gasteiger partial charge in [0, 0.05) is 24.6 Å². The minimum Gasteiger partial charge on any atom is -0.491 e. The third kappa shape index (κ3) is 4.54. The molecule has 4 aromatic rings. The third-order valence-electron chi connectivity index (χ3n) is 6.27. The van der Waals surface area contributed by atoms with Crippen molar-refractivity contribution in [1.82, 2.24) is 9.55 Å². The number of amides is 1. The summed E-state index contributed by atoms with van der Waals surface area (Å²) < 4.78 is 7.95. The van der Waals surface area contributed by atoms with E-state index in [1.54, 1.807) is 0 Å². The average molecular weight is 456 g/mol. The summed E-state index contributed by atoms with van der Waals surface area (Å²) in [5, 5.41) is 10.9. The summed E-state index contributed by atoms with van der Waals surface area (Å²) in [5.74, 6) is 1.63. The number of nitrogens with zero attached hydrogens (tertiary/aromatic N) is 3. The maximum absolute atomic E-state index is 12.8. The molecule has 1 aliphatic rings. The number of hydrogen-bond donors (Lipinski definition) is 1. The first-order chi connectivity index (χ1) is 16.5. The number of aromatic nitrogens is 2. The summed E-state index contributed by atoms with van der Waals surface area (Å²) in [5.41, 5.74) is 4.97. The van der Waals surface area contributed by atoms with E-state index in [1.807, 2.05) is 85.5 Å². The predicted molar refractivity (Wildman–Crippen MR) is 133 cm³/mol. The van der Waals surface area contributed by atoms with Crippen LogP contribution in [-0.2, 0) is 11.3 Å². The molecule has 2 unspecified atom stereocenters. The smallest absolute Gasteiger partial charge is 0.227 e. The fourth-order valence-electron chi connectivity index (χ4n) is 4.81. The van der Waals surface area contributed by atoms with Crippen LogP contribution in [0.5, 0.6) is 5.75 Å². The number of hydrogen-bond acceptors (Lipinski definition) is 4. The van der Waals surface area contributed by atoms with E-state index in [0.29, 0.717) is 19.5 Å². The Balaban J connectivity index is 1.37. The van der Waals surface area contributed by atoms with Gasteiger partial charge in [0.25, 0.3) is 0 Å². The van der Waals surface area contributed by atoms with Crippen molar-refractivity contribution >= 4 is 22.6 Å². The number of ether oxygens (including phenoxy) is 1. The van der Waals surface area contributed by atoms with E-state index < -0.39 is 6.10 Å². The summed E-state index contributed by atoms with van der Waals surface area (Å²) >= 11 is 0. The van der Waals surface area contributed by atoms with Gasteiger partial charge in [-0.25, -0.2) is 4.98 Å². The Morgan fingerprint density at radius 1 is 1.03 bits per heavy atom. The second kappa shape index (κ2) is 9.31. The first kappa shape index (κ1) is 22.2. The van der Waals surface area contributed by atoms with Gasteiger partial charge in [0.15, 0.2) is 0 Å². The zero-order valence-corrected chi connectivity index (χ0v) is 19.5. The first-order valence-electron chi connectivity index (χ1n) is 11.7. The number of carbonyl (C=O) groups excluding carboxylic acids is 1. The molecule has 0 saturated carbocycles. The van der Waals surface area contributed by atoms with Crippen molar-refractivity contribution in [3.05, 3.63) is 89.7 Å². The van der Waals surface area contributed by atoms with Crippen LogP contribution in [0.1, 0.15) is 29.3 Å². The molecular weight excluding hydrogens is 426 g/mol. The molecule has 174 valence electrons. The molecule has 1 saturated heterocycles. The molecule has 6 heteroatoms. The number of para-hydroxylation sites is 3. The molecule has 2 heterocycles. The van der Waals surface area contributed by atoms with E-state index in [4.69, 9.17) is 9.72 Å². The number of aryl methyl sites for hydroxylation is 2. The number of fused-ring (bicyclic) bond motifs is 1. The van der Waals surface area contributed by atoms with E-state index in [1.165, 1.54) is 0 Å². The van der Waals surface area contributed by atoms with Gasteiger partial charge in [-0.2, -0.15) is 0 Å². The maximum atomic E-state index is 12.8. The first-order valence-corrected chi connectivity index (χ1v) is 11.7. The Morgan fingerprint density at radius 3 is 2.50 bits per heavy atom. The van der Waals surface area contributed by atoms with E-state index in [2.05, 4.69) is 10.6 Å². The normalized spacial score (nSPS) is 16.9. The Bertz CT molecular complexity index is 1290. The number of imidazole rings is 1. The minimum atomic E-state index is -0.723. The van der Waals surface area contributed by atoms with Gasteiger partial charge in [-0.3, -0.25) is 4.79 Å². The Morgan fingerprint density at radius 2 is 1.74 bits per heavy atom. The van der Waals surface area contributed by atoms with Crippen LogP contribution in [0.4, 0.5) is 5.69 Å². The maximum Gasteiger partial charge on any atom is 0.227 e. The highest BCUT2D eigenvalue weighted by Crippen LogP contribution is 2.33. The van der Waals surface area contributed by atoms with E-state index in [9.17, 15) is 9.90 Å². The molecule has 1 amide bonds. The minimum absolute atomic E-state index is 0.0485. The lowest BCUT2D eigenvalue weighted by molar-refractivity contribution is -0.117. The number of benzene rings is 3. The van der Waals surface area contributed by atoms with Crippen LogP contribution in [-0.4, -0.2) is 39.8 Å². The van der Waals surface area contributed by atoms with Crippen LogP contribution in [0, 0.1) is 13.8 Å². The fourth-order valence-corrected chi connectivity index (χ4v) is 4.81. The third-order valence-corrected chi connectivity index (χ3v) is 6.27. The summed E-state index contributed by atoms with van der Waals surface area (Å²) in [7, 11) is 0.